The molecule has 1 rings (SSSR count). The third kappa shape index (κ3) is 4.65. The van der Waals surface area contributed by atoms with Gasteiger partial charge in [-0.05, 0) is 43.5 Å². The molecule has 94 valence electrons. The summed E-state index contributed by atoms with van der Waals surface area (Å²) in [5, 5.41) is 9.31. The summed E-state index contributed by atoms with van der Waals surface area (Å²) in [5.74, 6) is -0.0602. The van der Waals surface area contributed by atoms with Crippen LogP contribution in [0.5, 0.6) is 5.75 Å². The molecule has 0 aliphatic carbocycles. The number of ether oxygens (including phenoxy) is 1. The van der Waals surface area contributed by atoms with Crippen LogP contribution in [0.25, 0.3) is 0 Å². The maximum Gasteiger partial charge on any atom is 0.303 e. The first-order valence-electron chi connectivity index (χ1n) is 5.69. The smallest absolute Gasteiger partial charge is 0.303 e. The van der Waals surface area contributed by atoms with E-state index in [2.05, 4.69) is 0 Å². The van der Waals surface area contributed by atoms with Crippen molar-refractivity contribution in [2.75, 3.05) is 0 Å². The fraction of sp³-hybridized carbons (Fsp3) is 0.462. The standard InChI is InChI=1S/C13H17ClO3/c1-3-10-8-11(5-6-12(10)14)17-9(2)4-7-13(15)16/h5-6,8-9H,3-4,7H2,1-2H3,(H,15,16). The maximum atomic E-state index is 10.4. The van der Waals surface area contributed by atoms with Crippen molar-refractivity contribution in [3.63, 3.8) is 0 Å². The molecule has 0 spiro atoms. The lowest BCUT2D eigenvalue weighted by Gasteiger charge is -2.14. The van der Waals surface area contributed by atoms with Crippen molar-refractivity contribution in [3.05, 3.63) is 28.8 Å². The van der Waals surface area contributed by atoms with Crippen LogP contribution in [0.3, 0.4) is 0 Å². The Hall–Kier alpha value is -1.22. The average molecular weight is 257 g/mol. The van der Waals surface area contributed by atoms with E-state index in [-0.39, 0.29) is 12.5 Å². The molecule has 0 heterocycles. The van der Waals surface area contributed by atoms with Gasteiger partial charge < -0.3 is 9.84 Å². The van der Waals surface area contributed by atoms with Crippen LogP contribution in [-0.4, -0.2) is 17.2 Å². The van der Waals surface area contributed by atoms with Crippen LogP contribution in [0.15, 0.2) is 18.2 Å². The fourth-order valence-corrected chi connectivity index (χ4v) is 1.76. The van der Waals surface area contributed by atoms with Crippen LogP contribution in [0.2, 0.25) is 5.02 Å². The molecule has 0 bridgehead atoms. The first-order chi connectivity index (χ1) is 8.02. The molecule has 1 aromatic carbocycles. The Bertz CT molecular complexity index is 390. The largest absolute Gasteiger partial charge is 0.491 e. The van der Waals surface area contributed by atoms with E-state index >= 15 is 0 Å². The Labute approximate surface area is 106 Å². The third-order valence-corrected chi connectivity index (χ3v) is 2.87. The Balaban J connectivity index is 2.59. The summed E-state index contributed by atoms with van der Waals surface area (Å²) in [6.45, 7) is 3.89. The van der Waals surface area contributed by atoms with Crippen LogP contribution < -0.4 is 4.74 Å². The Kier molecular flexibility index (Phi) is 5.29. The summed E-state index contributed by atoms with van der Waals surface area (Å²) in [6, 6.07) is 5.51. The zero-order chi connectivity index (χ0) is 12.8. The third-order valence-electron chi connectivity index (χ3n) is 2.50. The molecule has 0 saturated carbocycles. The summed E-state index contributed by atoms with van der Waals surface area (Å²) in [6.07, 6.45) is 1.35. The van der Waals surface area contributed by atoms with E-state index in [4.69, 9.17) is 21.4 Å². The SMILES string of the molecule is CCc1cc(OC(C)CCC(=O)O)ccc1Cl. The molecule has 1 N–H and O–H groups in total. The highest BCUT2D eigenvalue weighted by molar-refractivity contribution is 6.31. The normalized spacial score (nSPS) is 12.2. The van der Waals surface area contributed by atoms with E-state index in [1.165, 1.54) is 0 Å². The number of aryl methyl sites for hydroxylation is 1. The van der Waals surface area contributed by atoms with Crippen molar-refractivity contribution < 1.29 is 14.6 Å². The van der Waals surface area contributed by atoms with Crippen LogP contribution in [0.1, 0.15) is 32.3 Å². The first-order valence-corrected chi connectivity index (χ1v) is 6.07. The minimum absolute atomic E-state index is 0.114. The number of rotatable bonds is 6. The van der Waals surface area contributed by atoms with E-state index in [9.17, 15) is 4.79 Å². The molecule has 17 heavy (non-hydrogen) atoms. The average Bonchev–Trinajstić information content (AvgIpc) is 2.29. The van der Waals surface area contributed by atoms with E-state index in [1.807, 2.05) is 19.9 Å². The minimum atomic E-state index is -0.800. The quantitative estimate of drug-likeness (QED) is 0.847. The van der Waals surface area contributed by atoms with Gasteiger partial charge >= 0.3 is 5.97 Å². The highest BCUT2D eigenvalue weighted by atomic mass is 35.5. The first kappa shape index (κ1) is 13.8. The molecule has 4 heteroatoms. The van der Waals surface area contributed by atoms with Crippen LogP contribution in [0, 0.1) is 0 Å². The van der Waals surface area contributed by atoms with Gasteiger partial charge in [-0.2, -0.15) is 0 Å². The molecule has 1 aromatic rings. The van der Waals surface area contributed by atoms with Gasteiger partial charge in [0, 0.05) is 11.4 Å². The van der Waals surface area contributed by atoms with E-state index in [0.717, 1.165) is 22.8 Å². The summed E-state index contributed by atoms with van der Waals surface area (Å²) >= 11 is 6.00. The lowest BCUT2D eigenvalue weighted by molar-refractivity contribution is -0.137. The zero-order valence-corrected chi connectivity index (χ0v) is 10.8. The number of halogens is 1. The van der Waals surface area contributed by atoms with Gasteiger partial charge in [0.25, 0.3) is 0 Å². The zero-order valence-electron chi connectivity index (χ0n) is 10.1. The van der Waals surface area contributed by atoms with Crippen molar-refractivity contribution in [1.82, 2.24) is 0 Å². The monoisotopic (exact) mass is 256 g/mol. The van der Waals surface area contributed by atoms with Crippen molar-refractivity contribution in [3.8, 4) is 5.75 Å². The van der Waals surface area contributed by atoms with Crippen molar-refractivity contribution in [1.29, 1.82) is 0 Å². The molecule has 0 radical (unpaired) electrons. The Morgan fingerprint density at radius 1 is 1.53 bits per heavy atom. The molecule has 0 aliphatic heterocycles. The van der Waals surface area contributed by atoms with Crippen LogP contribution in [-0.2, 0) is 11.2 Å². The summed E-state index contributed by atoms with van der Waals surface area (Å²) in [7, 11) is 0. The van der Waals surface area contributed by atoms with Crippen molar-refractivity contribution in [2.45, 2.75) is 39.2 Å². The van der Waals surface area contributed by atoms with Crippen LogP contribution >= 0.6 is 11.6 Å². The maximum absolute atomic E-state index is 10.4. The second-order valence-electron chi connectivity index (χ2n) is 3.97. The molecule has 0 fully saturated rings. The lowest BCUT2D eigenvalue weighted by Crippen LogP contribution is -2.13. The molecular formula is C13H17ClO3. The minimum Gasteiger partial charge on any atom is -0.491 e. The van der Waals surface area contributed by atoms with Gasteiger partial charge in [0.15, 0.2) is 0 Å². The van der Waals surface area contributed by atoms with E-state index in [0.29, 0.717) is 6.42 Å². The van der Waals surface area contributed by atoms with E-state index < -0.39 is 5.97 Å². The molecular weight excluding hydrogens is 240 g/mol. The lowest BCUT2D eigenvalue weighted by atomic mass is 10.1. The van der Waals surface area contributed by atoms with Gasteiger partial charge in [-0.3, -0.25) is 4.79 Å². The number of hydrogen-bond donors (Lipinski definition) is 1. The molecule has 0 saturated heterocycles. The van der Waals surface area contributed by atoms with Crippen molar-refractivity contribution >= 4 is 17.6 Å². The molecule has 0 aromatic heterocycles. The van der Waals surface area contributed by atoms with Gasteiger partial charge in [-0.15, -0.1) is 0 Å². The predicted octanol–water partition coefficient (Wildman–Crippen LogP) is 3.53. The molecule has 3 nitrogen and oxygen atoms in total. The number of carbonyl (C=O) groups is 1. The topological polar surface area (TPSA) is 46.5 Å². The van der Waals surface area contributed by atoms with E-state index in [1.54, 1.807) is 12.1 Å². The Morgan fingerprint density at radius 2 is 2.24 bits per heavy atom. The highest BCUT2D eigenvalue weighted by Crippen LogP contribution is 2.23. The molecule has 0 aliphatic rings. The fourth-order valence-electron chi connectivity index (χ4n) is 1.51. The number of benzene rings is 1. The summed E-state index contributed by atoms with van der Waals surface area (Å²) in [4.78, 5) is 10.4. The molecule has 1 atom stereocenters. The summed E-state index contributed by atoms with van der Waals surface area (Å²) < 4.78 is 5.64. The van der Waals surface area contributed by atoms with Gasteiger partial charge in [0.05, 0.1) is 6.10 Å². The number of aliphatic carboxylic acids is 1. The van der Waals surface area contributed by atoms with Crippen molar-refractivity contribution in [2.24, 2.45) is 0 Å². The second kappa shape index (κ2) is 6.50. The number of carboxylic acids is 1. The predicted molar refractivity (Wildman–Crippen MR) is 67.8 cm³/mol. The van der Waals surface area contributed by atoms with Gasteiger partial charge in [0.2, 0.25) is 0 Å². The number of hydrogen-bond acceptors (Lipinski definition) is 2. The van der Waals surface area contributed by atoms with Crippen LogP contribution in [0.4, 0.5) is 0 Å². The second-order valence-corrected chi connectivity index (χ2v) is 4.37. The Morgan fingerprint density at radius 3 is 2.82 bits per heavy atom. The molecule has 1 unspecified atom stereocenters. The van der Waals surface area contributed by atoms with Gasteiger partial charge in [-0.25, -0.2) is 0 Å². The van der Waals surface area contributed by atoms with Gasteiger partial charge in [-0.1, -0.05) is 18.5 Å². The number of carboxylic acid groups (broad SMARTS) is 1. The molecule has 0 amide bonds. The summed E-state index contributed by atoms with van der Waals surface area (Å²) in [5.41, 5.74) is 1.04. The van der Waals surface area contributed by atoms with Gasteiger partial charge in [0.1, 0.15) is 5.75 Å². The highest BCUT2D eigenvalue weighted by Gasteiger charge is 2.08.